The van der Waals surface area contributed by atoms with Crippen LogP contribution in [0.1, 0.15) is 18.4 Å². The number of unbranched alkanes of at least 4 members (excludes halogenated alkanes) is 1. The van der Waals surface area contributed by atoms with Gasteiger partial charge in [0, 0.05) is 28.1 Å². The van der Waals surface area contributed by atoms with Crippen LogP contribution in [0.4, 0.5) is 0 Å². The molecule has 0 N–H and O–H groups in total. The lowest BCUT2D eigenvalue weighted by atomic mass is 10.3. The molecule has 1 heterocycles. The van der Waals surface area contributed by atoms with Gasteiger partial charge in [0.25, 0.3) is 5.56 Å². The van der Waals surface area contributed by atoms with Gasteiger partial charge in [0.2, 0.25) is 0 Å². The van der Waals surface area contributed by atoms with Crippen LogP contribution in [0.15, 0.2) is 21.5 Å². The molecule has 0 fully saturated rings. The van der Waals surface area contributed by atoms with Crippen LogP contribution in [0.2, 0.25) is 0 Å². The highest BCUT2D eigenvalue weighted by Crippen LogP contribution is 2.08. The first kappa shape index (κ1) is 12.0. The number of halogens is 2. The highest BCUT2D eigenvalue weighted by atomic mass is 79.9. The molecule has 0 amide bonds. The highest BCUT2D eigenvalue weighted by molar-refractivity contribution is 9.10. The van der Waals surface area contributed by atoms with Gasteiger partial charge in [-0.15, -0.1) is 0 Å². The molecule has 0 spiro atoms. The Bertz CT molecular complexity index is 360. The lowest BCUT2D eigenvalue weighted by Crippen LogP contribution is -2.21. The number of aromatic nitrogens is 1. The first-order chi connectivity index (χ1) is 6.65. The molecule has 0 aliphatic heterocycles. The van der Waals surface area contributed by atoms with Gasteiger partial charge < -0.3 is 4.57 Å². The van der Waals surface area contributed by atoms with Crippen molar-refractivity contribution in [3.63, 3.8) is 0 Å². The molecule has 78 valence electrons. The van der Waals surface area contributed by atoms with Gasteiger partial charge in [-0.3, -0.25) is 4.79 Å². The predicted octanol–water partition coefficient (Wildman–Crippen LogP) is 3.09. The number of hydrogen-bond acceptors (Lipinski definition) is 1. The molecule has 2 nitrogen and oxygen atoms in total. The summed E-state index contributed by atoms with van der Waals surface area (Å²) in [5.41, 5.74) is 0.904. The van der Waals surface area contributed by atoms with Crippen molar-refractivity contribution in [2.24, 2.45) is 0 Å². The lowest BCUT2D eigenvalue weighted by molar-refractivity contribution is 0.612. The minimum atomic E-state index is 0.114. The van der Waals surface area contributed by atoms with Crippen LogP contribution in [0.3, 0.4) is 0 Å². The molecule has 0 saturated carbocycles. The van der Waals surface area contributed by atoms with Crippen molar-refractivity contribution in [2.45, 2.75) is 26.3 Å². The third-order valence-corrected chi connectivity index (χ3v) is 3.01. The Morgan fingerprint density at radius 3 is 2.79 bits per heavy atom. The third kappa shape index (κ3) is 3.24. The summed E-state index contributed by atoms with van der Waals surface area (Å²) in [5, 5.41) is 0.995. The average molecular weight is 323 g/mol. The van der Waals surface area contributed by atoms with Crippen LogP contribution in [-0.4, -0.2) is 9.90 Å². The van der Waals surface area contributed by atoms with E-state index >= 15 is 0 Å². The van der Waals surface area contributed by atoms with E-state index in [1.165, 1.54) is 0 Å². The molecule has 0 aliphatic carbocycles. The molecule has 0 aliphatic rings. The molecule has 0 saturated heterocycles. The van der Waals surface area contributed by atoms with E-state index in [1.54, 1.807) is 4.57 Å². The van der Waals surface area contributed by atoms with Gasteiger partial charge in [0.1, 0.15) is 0 Å². The molecule has 1 aromatic rings. The van der Waals surface area contributed by atoms with E-state index in [0.29, 0.717) is 0 Å². The molecule has 14 heavy (non-hydrogen) atoms. The van der Waals surface area contributed by atoms with Crippen molar-refractivity contribution in [1.82, 2.24) is 4.57 Å². The van der Waals surface area contributed by atoms with Crippen LogP contribution >= 0.6 is 31.9 Å². The van der Waals surface area contributed by atoms with E-state index in [4.69, 9.17) is 0 Å². The Morgan fingerprint density at radius 1 is 1.43 bits per heavy atom. The van der Waals surface area contributed by atoms with Crippen LogP contribution in [0.5, 0.6) is 0 Å². The molecule has 1 aromatic heterocycles. The molecule has 0 radical (unpaired) electrons. The highest BCUT2D eigenvalue weighted by Gasteiger charge is 2.00. The maximum absolute atomic E-state index is 11.6. The predicted molar refractivity (Wildman–Crippen MR) is 66.2 cm³/mol. The molecular formula is C10H13Br2NO. The van der Waals surface area contributed by atoms with Gasteiger partial charge in [-0.05, 0) is 41.8 Å². The number of hydrogen-bond donors (Lipinski definition) is 0. The number of alkyl halides is 1. The minimum Gasteiger partial charge on any atom is -0.314 e. The SMILES string of the molecule is Cc1cc(Br)cn(CCCCBr)c1=O. The number of pyridine rings is 1. The summed E-state index contributed by atoms with van der Waals surface area (Å²) >= 11 is 6.76. The largest absolute Gasteiger partial charge is 0.314 e. The second-order valence-corrected chi connectivity index (χ2v) is 4.94. The number of aryl methyl sites for hydroxylation is 2. The van der Waals surface area contributed by atoms with Gasteiger partial charge in [0.15, 0.2) is 0 Å². The van der Waals surface area contributed by atoms with E-state index in [2.05, 4.69) is 31.9 Å². The maximum Gasteiger partial charge on any atom is 0.253 e. The normalized spacial score (nSPS) is 10.5. The van der Waals surface area contributed by atoms with Gasteiger partial charge in [-0.25, -0.2) is 0 Å². The molecule has 0 atom stereocenters. The van der Waals surface area contributed by atoms with Crippen molar-refractivity contribution in [2.75, 3.05) is 5.33 Å². The van der Waals surface area contributed by atoms with Gasteiger partial charge in [-0.2, -0.15) is 0 Å². The van der Waals surface area contributed by atoms with E-state index in [0.717, 1.165) is 34.8 Å². The van der Waals surface area contributed by atoms with Crippen molar-refractivity contribution in [3.8, 4) is 0 Å². The summed E-state index contributed by atoms with van der Waals surface area (Å²) in [5.74, 6) is 0. The summed E-state index contributed by atoms with van der Waals surface area (Å²) < 4.78 is 2.73. The quantitative estimate of drug-likeness (QED) is 0.616. The second-order valence-electron chi connectivity index (χ2n) is 3.24. The monoisotopic (exact) mass is 321 g/mol. The Kier molecular flexibility index (Phi) is 4.89. The topological polar surface area (TPSA) is 22.0 Å². The van der Waals surface area contributed by atoms with Gasteiger partial charge >= 0.3 is 0 Å². The van der Waals surface area contributed by atoms with Crippen LogP contribution in [-0.2, 0) is 6.54 Å². The molecule has 0 bridgehead atoms. The Labute approximate surface area is 101 Å². The zero-order valence-electron chi connectivity index (χ0n) is 8.09. The summed E-state index contributed by atoms with van der Waals surface area (Å²) in [6.07, 6.45) is 3.97. The zero-order chi connectivity index (χ0) is 10.6. The van der Waals surface area contributed by atoms with Crippen molar-refractivity contribution >= 4 is 31.9 Å². The van der Waals surface area contributed by atoms with Crippen LogP contribution < -0.4 is 5.56 Å². The number of rotatable bonds is 4. The summed E-state index contributed by atoms with van der Waals surface area (Å²) in [4.78, 5) is 11.6. The van der Waals surface area contributed by atoms with Crippen molar-refractivity contribution < 1.29 is 0 Å². The molecular weight excluding hydrogens is 310 g/mol. The smallest absolute Gasteiger partial charge is 0.253 e. The fourth-order valence-electron chi connectivity index (χ4n) is 1.28. The average Bonchev–Trinajstić information content (AvgIpc) is 2.13. The van der Waals surface area contributed by atoms with Crippen LogP contribution in [0.25, 0.3) is 0 Å². The molecule has 4 heteroatoms. The summed E-state index contributed by atoms with van der Waals surface area (Å²) in [6, 6.07) is 1.85. The van der Waals surface area contributed by atoms with Crippen molar-refractivity contribution in [3.05, 3.63) is 32.7 Å². The summed E-state index contributed by atoms with van der Waals surface area (Å²) in [7, 11) is 0. The lowest BCUT2D eigenvalue weighted by Gasteiger charge is -2.06. The third-order valence-electron chi connectivity index (χ3n) is 2.01. The van der Waals surface area contributed by atoms with Crippen LogP contribution in [0, 0.1) is 6.92 Å². The standard InChI is InChI=1S/C10H13Br2NO/c1-8-6-9(12)7-13(10(8)14)5-3-2-4-11/h6-7H,2-5H2,1H3. The summed E-state index contributed by atoms with van der Waals surface area (Å²) in [6.45, 7) is 2.64. The van der Waals surface area contributed by atoms with Gasteiger partial charge in [-0.1, -0.05) is 15.9 Å². The molecule has 1 rings (SSSR count). The molecule has 0 aromatic carbocycles. The first-order valence-corrected chi connectivity index (χ1v) is 6.49. The minimum absolute atomic E-state index is 0.114. The Morgan fingerprint density at radius 2 is 2.14 bits per heavy atom. The fourth-order valence-corrected chi connectivity index (χ4v) is 2.27. The second kappa shape index (κ2) is 5.71. The fraction of sp³-hybridized carbons (Fsp3) is 0.500. The number of nitrogens with zero attached hydrogens (tertiary/aromatic N) is 1. The zero-order valence-corrected chi connectivity index (χ0v) is 11.3. The first-order valence-electron chi connectivity index (χ1n) is 4.57. The van der Waals surface area contributed by atoms with E-state index in [-0.39, 0.29) is 5.56 Å². The van der Waals surface area contributed by atoms with E-state index in [1.807, 2.05) is 19.2 Å². The van der Waals surface area contributed by atoms with E-state index in [9.17, 15) is 4.79 Å². The maximum atomic E-state index is 11.6. The molecule has 0 unspecified atom stereocenters. The van der Waals surface area contributed by atoms with Gasteiger partial charge in [0.05, 0.1) is 0 Å². The Hall–Kier alpha value is -0.0900. The van der Waals surface area contributed by atoms with E-state index < -0.39 is 0 Å². The van der Waals surface area contributed by atoms with Crippen molar-refractivity contribution in [1.29, 1.82) is 0 Å². The Balaban J connectivity index is 2.81.